The molecule has 0 spiro atoms. The van der Waals surface area contributed by atoms with Crippen LogP contribution in [0.5, 0.6) is 5.75 Å². The lowest BCUT2D eigenvalue weighted by Crippen LogP contribution is -2.36. The number of benzene rings is 1. The van der Waals surface area contributed by atoms with E-state index in [1.54, 1.807) is 52.1 Å². The fraction of sp³-hybridized carbons (Fsp3) is 0.500. The SMILES string of the molecule is COC(=O)C[C@@H](NC(=O)OC(C)(C)C)c1cccc(OC)c1. The Balaban J connectivity index is 2.92. The lowest BCUT2D eigenvalue weighted by atomic mass is 10.0. The lowest BCUT2D eigenvalue weighted by Gasteiger charge is -2.23. The van der Waals surface area contributed by atoms with Gasteiger partial charge in [-0.3, -0.25) is 4.79 Å². The third kappa shape index (κ3) is 6.03. The summed E-state index contributed by atoms with van der Waals surface area (Å²) in [7, 11) is 2.86. The van der Waals surface area contributed by atoms with Crippen LogP contribution >= 0.6 is 0 Å². The van der Waals surface area contributed by atoms with Crippen molar-refractivity contribution in [2.75, 3.05) is 14.2 Å². The molecule has 1 aromatic carbocycles. The summed E-state index contributed by atoms with van der Waals surface area (Å²) in [5.74, 6) is 0.210. The van der Waals surface area contributed by atoms with Gasteiger partial charge in [0, 0.05) is 0 Å². The monoisotopic (exact) mass is 309 g/mol. The highest BCUT2D eigenvalue weighted by Crippen LogP contribution is 2.22. The molecule has 0 radical (unpaired) electrons. The minimum absolute atomic E-state index is 0.00289. The van der Waals surface area contributed by atoms with Gasteiger partial charge in [-0.1, -0.05) is 12.1 Å². The number of methoxy groups -OCH3 is 2. The average molecular weight is 309 g/mol. The van der Waals surface area contributed by atoms with Crippen molar-refractivity contribution in [2.24, 2.45) is 0 Å². The number of amides is 1. The maximum atomic E-state index is 12.0. The number of nitrogens with one attached hydrogen (secondary N) is 1. The molecule has 0 saturated heterocycles. The summed E-state index contributed by atoms with van der Waals surface area (Å²) in [6.07, 6.45) is -0.590. The highest BCUT2D eigenvalue weighted by atomic mass is 16.6. The zero-order valence-corrected chi connectivity index (χ0v) is 13.6. The average Bonchev–Trinajstić information content (AvgIpc) is 2.44. The van der Waals surface area contributed by atoms with Crippen molar-refractivity contribution in [1.82, 2.24) is 5.32 Å². The Morgan fingerprint density at radius 3 is 2.45 bits per heavy atom. The molecule has 6 nitrogen and oxygen atoms in total. The fourth-order valence-corrected chi connectivity index (χ4v) is 1.81. The molecule has 1 amide bonds. The molecule has 1 atom stereocenters. The maximum Gasteiger partial charge on any atom is 0.408 e. The van der Waals surface area contributed by atoms with Crippen molar-refractivity contribution in [3.8, 4) is 5.75 Å². The van der Waals surface area contributed by atoms with Gasteiger partial charge in [-0.25, -0.2) is 4.79 Å². The number of ether oxygens (including phenoxy) is 3. The van der Waals surface area contributed by atoms with E-state index >= 15 is 0 Å². The summed E-state index contributed by atoms with van der Waals surface area (Å²) in [4.78, 5) is 23.5. The van der Waals surface area contributed by atoms with Gasteiger partial charge in [-0.15, -0.1) is 0 Å². The minimum atomic E-state index is -0.617. The van der Waals surface area contributed by atoms with E-state index in [1.165, 1.54) is 7.11 Å². The Labute approximate surface area is 130 Å². The van der Waals surface area contributed by atoms with E-state index in [4.69, 9.17) is 9.47 Å². The summed E-state index contributed by atoms with van der Waals surface area (Å²) >= 11 is 0. The van der Waals surface area contributed by atoms with Gasteiger partial charge >= 0.3 is 12.1 Å². The van der Waals surface area contributed by atoms with Gasteiger partial charge in [-0.05, 0) is 38.5 Å². The van der Waals surface area contributed by atoms with Gasteiger partial charge in [0.15, 0.2) is 0 Å². The van der Waals surface area contributed by atoms with Crippen LogP contribution in [0.3, 0.4) is 0 Å². The molecule has 0 aromatic heterocycles. The molecule has 1 aromatic rings. The Morgan fingerprint density at radius 1 is 1.23 bits per heavy atom. The lowest BCUT2D eigenvalue weighted by molar-refractivity contribution is -0.141. The van der Waals surface area contributed by atoms with E-state index in [1.807, 2.05) is 0 Å². The zero-order valence-electron chi connectivity index (χ0n) is 13.6. The summed E-state index contributed by atoms with van der Waals surface area (Å²) in [5, 5.41) is 2.69. The van der Waals surface area contributed by atoms with E-state index in [0.29, 0.717) is 5.75 Å². The van der Waals surface area contributed by atoms with Crippen LogP contribution in [0.2, 0.25) is 0 Å². The summed E-state index contributed by atoms with van der Waals surface area (Å²) in [6, 6.07) is 6.57. The highest BCUT2D eigenvalue weighted by Gasteiger charge is 2.23. The van der Waals surface area contributed by atoms with Crippen LogP contribution in [0.1, 0.15) is 38.8 Å². The smallest absolute Gasteiger partial charge is 0.408 e. The number of hydrogen-bond acceptors (Lipinski definition) is 5. The molecular weight excluding hydrogens is 286 g/mol. The van der Waals surface area contributed by atoms with Gasteiger partial charge in [0.2, 0.25) is 0 Å². The van der Waals surface area contributed by atoms with E-state index in [0.717, 1.165) is 5.56 Å². The Hall–Kier alpha value is -2.24. The molecule has 0 aliphatic heterocycles. The van der Waals surface area contributed by atoms with Crippen molar-refractivity contribution < 1.29 is 23.8 Å². The van der Waals surface area contributed by atoms with Gasteiger partial charge < -0.3 is 19.5 Å². The largest absolute Gasteiger partial charge is 0.497 e. The zero-order chi connectivity index (χ0) is 16.8. The van der Waals surface area contributed by atoms with Crippen molar-refractivity contribution in [3.05, 3.63) is 29.8 Å². The predicted molar refractivity (Wildman–Crippen MR) is 81.7 cm³/mol. The summed E-state index contributed by atoms with van der Waals surface area (Å²) in [6.45, 7) is 5.31. The molecule has 0 bridgehead atoms. The highest BCUT2D eigenvalue weighted by molar-refractivity contribution is 5.73. The fourth-order valence-electron chi connectivity index (χ4n) is 1.81. The molecule has 6 heteroatoms. The van der Waals surface area contributed by atoms with Crippen molar-refractivity contribution in [2.45, 2.75) is 38.8 Å². The first-order valence-corrected chi connectivity index (χ1v) is 6.95. The van der Waals surface area contributed by atoms with E-state index in [2.05, 4.69) is 10.1 Å². The quantitative estimate of drug-likeness (QED) is 0.847. The molecule has 0 unspecified atom stereocenters. The second-order valence-corrected chi connectivity index (χ2v) is 5.76. The van der Waals surface area contributed by atoms with Crippen LogP contribution in [0.4, 0.5) is 4.79 Å². The van der Waals surface area contributed by atoms with Crippen LogP contribution in [-0.4, -0.2) is 31.9 Å². The minimum Gasteiger partial charge on any atom is -0.497 e. The number of carbonyl (C=O) groups excluding carboxylic acids is 2. The topological polar surface area (TPSA) is 73.9 Å². The molecule has 1 N–H and O–H groups in total. The van der Waals surface area contributed by atoms with E-state index in [-0.39, 0.29) is 6.42 Å². The van der Waals surface area contributed by atoms with E-state index < -0.39 is 23.7 Å². The molecule has 0 aliphatic carbocycles. The molecule has 0 heterocycles. The Bertz CT molecular complexity index is 522. The Morgan fingerprint density at radius 2 is 1.91 bits per heavy atom. The maximum absolute atomic E-state index is 12.0. The molecule has 122 valence electrons. The number of hydrogen-bond donors (Lipinski definition) is 1. The van der Waals surface area contributed by atoms with Gasteiger partial charge in [0.1, 0.15) is 11.4 Å². The number of rotatable bonds is 5. The molecule has 0 aliphatic rings. The predicted octanol–water partition coefficient (Wildman–Crippen LogP) is 2.82. The normalized spacial score (nSPS) is 12.2. The molecule has 0 fully saturated rings. The van der Waals surface area contributed by atoms with Crippen LogP contribution in [0.15, 0.2) is 24.3 Å². The first kappa shape index (κ1) is 17.8. The van der Waals surface area contributed by atoms with Crippen LogP contribution < -0.4 is 10.1 Å². The number of carbonyl (C=O) groups is 2. The second-order valence-electron chi connectivity index (χ2n) is 5.76. The molecular formula is C16H23NO5. The number of esters is 1. The van der Waals surface area contributed by atoms with Gasteiger partial charge in [0.25, 0.3) is 0 Å². The van der Waals surface area contributed by atoms with E-state index in [9.17, 15) is 9.59 Å². The number of alkyl carbamates (subject to hydrolysis) is 1. The third-order valence-electron chi connectivity index (χ3n) is 2.79. The summed E-state index contributed by atoms with van der Waals surface area (Å²) in [5.41, 5.74) is 0.115. The first-order chi connectivity index (χ1) is 10.2. The second kappa shape index (κ2) is 7.68. The molecule has 22 heavy (non-hydrogen) atoms. The Kier molecular flexibility index (Phi) is 6.22. The third-order valence-corrected chi connectivity index (χ3v) is 2.79. The van der Waals surface area contributed by atoms with Crippen LogP contribution in [0.25, 0.3) is 0 Å². The van der Waals surface area contributed by atoms with Crippen molar-refractivity contribution >= 4 is 12.1 Å². The standard InChI is InChI=1S/C16H23NO5/c1-16(2,3)22-15(19)17-13(10-14(18)21-5)11-7-6-8-12(9-11)20-4/h6-9,13H,10H2,1-5H3,(H,17,19)/t13-/m1/s1. The summed E-state index contributed by atoms with van der Waals surface area (Å²) < 4.78 is 15.1. The van der Waals surface area contributed by atoms with Crippen LogP contribution in [0, 0.1) is 0 Å². The molecule has 1 rings (SSSR count). The van der Waals surface area contributed by atoms with Gasteiger partial charge in [-0.2, -0.15) is 0 Å². The van der Waals surface area contributed by atoms with Crippen molar-refractivity contribution in [3.63, 3.8) is 0 Å². The first-order valence-electron chi connectivity index (χ1n) is 6.95. The van der Waals surface area contributed by atoms with Crippen molar-refractivity contribution in [1.29, 1.82) is 0 Å². The molecule has 0 saturated carbocycles. The van der Waals surface area contributed by atoms with Crippen LogP contribution in [-0.2, 0) is 14.3 Å². The van der Waals surface area contributed by atoms with Gasteiger partial charge in [0.05, 0.1) is 26.7 Å².